The molecule has 0 atom stereocenters. The third kappa shape index (κ3) is 4.91. The SMILES string of the molecule is CCN(CC)C(=O)CCN(c1ccc(OC)cc1)S(C)(=O)=O. The van der Waals surface area contributed by atoms with Crippen molar-refractivity contribution in [1.82, 2.24) is 4.90 Å². The maximum atomic E-state index is 12.1. The molecule has 0 aliphatic rings. The van der Waals surface area contributed by atoms with Gasteiger partial charge in [-0.25, -0.2) is 8.42 Å². The van der Waals surface area contributed by atoms with E-state index in [9.17, 15) is 13.2 Å². The van der Waals surface area contributed by atoms with Crippen LogP contribution in [-0.2, 0) is 14.8 Å². The van der Waals surface area contributed by atoms with Gasteiger partial charge in [0.25, 0.3) is 0 Å². The topological polar surface area (TPSA) is 66.9 Å². The van der Waals surface area contributed by atoms with Crippen molar-refractivity contribution in [1.29, 1.82) is 0 Å². The van der Waals surface area contributed by atoms with Crippen molar-refractivity contribution in [3.63, 3.8) is 0 Å². The number of rotatable bonds is 8. The second kappa shape index (κ2) is 8.03. The van der Waals surface area contributed by atoms with Gasteiger partial charge >= 0.3 is 0 Å². The summed E-state index contributed by atoms with van der Waals surface area (Å²) in [4.78, 5) is 13.7. The number of amides is 1. The Kier molecular flexibility index (Phi) is 6.67. The Morgan fingerprint density at radius 1 is 1.14 bits per heavy atom. The lowest BCUT2D eigenvalue weighted by Gasteiger charge is -2.24. The van der Waals surface area contributed by atoms with Crippen molar-refractivity contribution in [3.05, 3.63) is 24.3 Å². The molecule has 0 radical (unpaired) electrons. The second-order valence-electron chi connectivity index (χ2n) is 4.85. The molecule has 0 bridgehead atoms. The predicted molar refractivity (Wildman–Crippen MR) is 87.7 cm³/mol. The van der Waals surface area contributed by atoms with Crippen molar-refractivity contribution >= 4 is 21.6 Å². The standard InChI is InChI=1S/C15H24N2O4S/c1-5-16(6-2)15(18)11-12-17(22(4,19)20)13-7-9-14(21-3)10-8-13/h7-10H,5-6,11-12H2,1-4H3. The minimum Gasteiger partial charge on any atom is -0.497 e. The van der Waals surface area contributed by atoms with E-state index in [1.807, 2.05) is 13.8 Å². The van der Waals surface area contributed by atoms with Crippen molar-refractivity contribution in [2.75, 3.05) is 37.3 Å². The van der Waals surface area contributed by atoms with Gasteiger partial charge in [-0.3, -0.25) is 9.10 Å². The van der Waals surface area contributed by atoms with Gasteiger partial charge in [-0.15, -0.1) is 0 Å². The highest BCUT2D eigenvalue weighted by Crippen LogP contribution is 2.21. The first kappa shape index (κ1) is 18.3. The molecule has 6 nitrogen and oxygen atoms in total. The van der Waals surface area contributed by atoms with Gasteiger partial charge in [-0.1, -0.05) is 0 Å². The number of ether oxygens (including phenoxy) is 1. The fraction of sp³-hybridized carbons (Fsp3) is 0.533. The van der Waals surface area contributed by atoms with Crippen LogP contribution in [0.1, 0.15) is 20.3 Å². The van der Waals surface area contributed by atoms with E-state index in [1.54, 1.807) is 36.3 Å². The predicted octanol–water partition coefficient (Wildman–Crippen LogP) is 1.72. The van der Waals surface area contributed by atoms with Gasteiger partial charge in [0.15, 0.2) is 0 Å². The molecule has 0 saturated carbocycles. The molecule has 0 heterocycles. The summed E-state index contributed by atoms with van der Waals surface area (Å²) >= 11 is 0. The molecule has 0 unspecified atom stereocenters. The lowest BCUT2D eigenvalue weighted by Crippen LogP contribution is -2.36. The molecule has 124 valence electrons. The number of methoxy groups -OCH3 is 1. The summed E-state index contributed by atoms with van der Waals surface area (Å²) in [7, 11) is -1.90. The molecule has 0 aliphatic heterocycles. The minimum atomic E-state index is -3.45. The van der Waals surface area contributed by atoms with E-state index in [-0.39, 0.29) is 18.9 Å². The Balaban J connectivity index is 2.88. The summed E-state index contributed by atoms with van der Waals surface area (Å²) in [6.45, 7) is 5.17. The average molecular weight is 328 g/mol. The fourth-order valence-corrected chi connectivity index (χ4v) is 3.09. The zero-order valence-electron chi connectivity index (χ0n) is 13.6. The van der Waals surface area contributed by atoms with E-state index in [0.29, 0.717) is 24.5 Å². The smallest absolute Gasteiger partial charge is 0.232 e. The van der Waals surface area contributed by atoms with Crippen LogP contribution in [0.15, 0.2) is 24.3 Å². The van der Waals surface area contributed by atoms with Crippen LogP contribution in [0, 0.1) is 0 Å². The molecule has 1 rings (SSSR count). The zero-order chi connectivity index (χ0) is 16.8. The second-order valence-corrected chi connectivity index (χ2v) is 6.76. The van der Waals surface area contributed by atoms with E-state index < -0.39 is 10.0 Å². The number of hydrogen-bond acceptors (Lipinski definition) is 4. The number of carbonyl (C=O) groups excluding carboxylic acids is 1. The molecule has 0 spiro atoms. The highest BCUT2D eigenvalue weighted by Gasteiger charge is 2.20. The Labute approximate surface area is 132 Å². The maximum absolute atomic E-state index is 12.1. The van der Waals surface area contributed by atoms with Gasteiger partial charge in [-0.2, -0.15) is 0 Å². The molecule has 1 aromatic carbocycles. The minimum absolute atomic E-state index is 0.0489. The van der Waals surface area contributed by atoms with Crippen LogP contribution >= 0.6 is 0 Å². The fourth-order valence-electron chi connectivity index (χ4n) is 2.17. The van der Waals surface area contributed by atoms with Crippen LogP contribution in [-0.4, -0.2) is 52.2 Å². The molecule has 0 N–H and O–H groups in total. The lowest BCUT2D eigenvalue weighted by atomic mass is 10.3. The van der Waals surface area contributed by atoms with Crippen LogP contribution in [0.2, 0.25) is 0 Å². The summed E-state index contributed by atoms with van der Waals surface area (Å²) in [5, 5.41) is 0. The van der Waals surface area contributed by atoms with Crippen LogP contribution in [0.25, 0.3) is 0 Å². The van der Waals surface area contributed by atoms with Crippen molar-refractivity contribution in [3.8, 4) is 5.75 Å². The van der Waals surface area contributed by atoms with Crippen molar-refractivity contribution in [2.45, 2.75) is 20.3 Å². The third-order valence-electron chi connectivity index (χ3n) is 3.41. The summed E-state index contributed by atoms with van der Waals surface area (Å²) in [5.74, 6) is 0.601. The quantitative estimate of drug-likeness (QED) is 0.729. The van der Waals surface area contributed by atoms with Gasteiger partial charge in [0, 0.05) is 26.1 Å². The van der Waals surface area contributed by atoms with Crippen LogP contribution < -0.4 is 9.04 Å². The Morgan fingerprint density at radius 2 is 1.68 bits per heavy atom. The summed E-state index contributed by atoms with van der Waals surface area (Å²) in [6, 6.07) is 6.73. The monoisotopic (exact) mass is 328 g/mol. The molecule has 0 fully saturated rings. The lowest BCUT2D eigenvalue weighted by molar-refractivity contribution is -0.130. The van der Waals surface area contributed by atoms with Crippen molar-refractivity contribution < 1.29 is 17.9 Å². The van der Waals surface area contributed by atoms with Gasteiger partial charge in [0.05, 0.1) is 19.1 Å². The molecule has 1 aromatic rings. The zero-order valence-corrected chi connectivity index (χ0v) is 14.4. The van der Waals surface area contributed by atoms with Crippen LogP contribution in [0.3, 0.4) is 0 Å². The highest BCUT2D eigenvalue weighted by molar-refractivity contribution is 7.92. The first-order valence-electron chi connectivity index (χ1n) is 7.23. The van der Waals surface area contributed by atoms with Crippen molar-refractivity contribution in [2.24, 2.45) is 0 Å². The number of nitrogens with zero attached hydrogens (tertiary/aromatic N) is 2. The van der Waals surface area contributed by atoms with Gasteiger partial charge in [-0.05, 0) is 38.1 Å². The maximum Gasteiger partial charge on any atom is 0.232 e. The van der Waals surface area contributed by atoms with Crippen LogP contribution in [0.5, 0.6) is 5.75 Å². The molecule has 1 amide bonds. The normalized spacial score (nSPS) is 11.1. The number of carbonyl (C=O) groups is 1. The van der Waals surface area contributed by atoms with E-state index in [0.717, 1.165) is 6.26 Å². The molecule has 0 aromatic heterocycles. The summed E-state index contributed by atoms with van der Waals surface area (Å²) < 4.78 is 30.3. The Morgan fingerprint density at radius 3 is 2.09 bits per heavy atom. The number of hydrogen-bond donors (Lipinski definition) is 0. The summed E-state index contributed by atoms with van der Waals surface area (Å²) in [6.07, 6.45) is 1.29. The molecule has 0 saturated heterocycles. The molecule has 0 aliphatic carbocycles. The van der Waals surface area contributed by atoms with E-state index in [2.05, 4.69) is 0 Å². The number of anilines is 1. The first-order chi connectivity index (χ1) is 10.3. The number of benzene rings is 1. The van der Waals surface area contributed by atoms with Gasteiger partial charge in [0.2, 0.25) is 15.9 Å². The van der Waals surface area contributed by atoms with E-state index >= 15 is 0 Å². The first-order valence-corrected chi connectivity index (χ1v) is 9.07. The number of sulfonamides is 1. The largest absolute Gasteiger partial charge is 0.497 e. The molecular formula is C15H24N2O4S. The molecular weight excluding hydrogens is 304 g/mol. The van der Waals surface area contributed by atoms with E-state index in [4.69, 9.17) is 4.74 Å². The molecule has 22 heavy (non-hydrogen) atoms. The van der Waals surface area contributed by atoms with Gasteiger partial charge < -0.3 is 9.64 Å². The Bertz CT molecular complexity index is 580. The Hall–Kier alpha value is -1.76. The molecule has 7 heteroatoms. The average Bonchev–Trinajstić information content (AvgIpc) is 2.48. The summed E-state index contributed by atoms with van der Waals surface area (Å²) in [5.41, 5.74) is 0.524. The van der Waals surface area contributed by atoms with E-state index in [1.165, 1.54) is 4.31 Å². The third-order valence-corrected chi connectivity index (χ3v) is 4.60. The highest BCUT2D eigenvalue weighted by atomic mass is 32.2. The van der Waals surface area contributed by atoms with Crippen LogP contribution in [0.4, 0.5) is 5.69 Å². The van der Waals surface area contributed by atoms with Gasteiger partial charge in [0.1, 0.15) is 5.75 Å².